The van der Waals surface area contributed by atoms with E-state index in [1.165, 1.54) is 18.9 Å². The lowest BCUT2D eigenvalue weighted by Gasteiger charge is -2.34. The molecule has 2 aromatic heterocycles. The second-order valence-electron chi connectivity index (χ2n) is 11.5. The van der Waals surface area contributed by atoms with Gasteiger partial charge in [0.15, 0.2) is 34.8 Å². The molecule has 4 fully saturated rings. The van der Waals surface area contributed by atoms with E-state index in [4.69, 9.17) is 14.6 Å². The average molecular weight is 601 g/mol. The number of aliphatic hydroxyl groups excluding tert-OH is 3. The normalized spacial score (nSPS) is 29.5. The first-order valence-corrected chi connectivity index (χ1v) is 15.0. The Hall–Kier alpha value is -3.05. The summed E-state index contributed by atoms with van der Waals surface area (Å²) in [5.74, 6) is -0.531. The number of hydrogen-bond donors (Lipinski definition) is 4. The maximum absolute atomic E-state index is 13.0. The Kier molecular flexibility index (Phi) is 9.28. The zero-order chi connectivity index (χ0) is 29.9. The second-order valence-corrected chi connectivity index (χ2v) is 11.5. The van der Waals surface area contributed by atoms with Gasteiger partial charge in [-0.3, -0.25) is 24.0 Å². The molecule has 2 aromatic rings. The van der Waals surface area contributed by atoms with Gasteiger partial charge in [-0.25, -0.2) is 15.0 Å². The minimum Gasteiger partial charge on any atom is -0.395 e. The van der Waals surface area contributed by atoms with Gasteiger partial charge in [0, 0.05) is 83.9 Å². The highest BCUT2D eigenvalue weighted by molar-refractivity contribution is 6.21. The molecule has 0 bridgehead atoms. The summed E-state index contributed by atoms with van der Waals surface area (Å²) in [5, 5.41) is 34.1. The number of Topliss-reactive ketones (excluding diaryl/α,β-unsaturated/α-hetero) is 2. The van der Waals surface area contributed by atoms with Gasteiger partial charge in [0.1, 0.15) is 18.5 Å². The summed E-state index contributed by atoms with van der Waals surface area (Å²) in [6.07, 6.45) is -0.00551. The van der Waals surface area contributed by atoms with Crippen LogP contribution >= 0.6 is 0 Å². The number of aromatic nitrogens is 4. The molecule has 43 heavy (non-hydrogen) atoms. The average Bonchev–Trinajstić information content (AvgIpc) is 3.58. The topological polar surface area (TPSA) is 179 Å². The minimum absolute atomic E-state index is 0.0290. The second kappa shape index (κ2) is 13.3. The summed E-state index contributed by atoms with van der Waals surface area (Å²) < 4.78 is 13.2. The number of nitrogens with one attached hydrogen (secondary N) is 1. The summed E-state index contributed by atoms with van der Waals surface area (Å²) >= 11 is 0. The van der Waals surface area contributed by atoms with Crippen molar-refractivity contribution in [2.45, 2.75) is 37.4 Å². The van der Waals surface area contributed by atoms with E-state index in [0.717, 1.165) is 32.7 Å². The monoisotopic (exact) mass is 600 g/mol. The van der Waals surface area contributed by atoms with Gasteiger partial charge in [-0.05, 0) is 0 Å². The van der Waals surface area contributed by atoms with Crippen LogP contribution in [-0.4, -0.2) is 153 Å². The molecule has 1 saturated carbocycles. The van der Waals surface area contributed by atoms with E-state index in [-0.39, 0.29) is 36.6 Å². The van der Waals surface area contributed by atoms with Crippen LogP contribution in [-0.2, 0) is 19.1 Å². The zero-order valence-corrected chi connectivity index (χ0v) is 24.1. The Bertz CT molecular complexity index is 1300. The molecule has 4 N–H and O–H groups in total. The van der Waals surface area contributed by atoms with Gasteiger partial charge in [0.2, 0.25) is 0 Å². The largest absolute Gasteiger partial charge is 0.395 e. The summed E-state index contributed by atoms with van der Waals surface area (Å²) in [7, 11) is 0. The first-order valence-electron chi connectivity index (χ1n) is 15.0. The highest BCUT2D eigenvalue weighted by Gasteiger charge is 2.50. The Labute approximate surface area is 249 Å². The van der Waals surface area contributed by atoms with E-state index < -0.39 is 30.5 Å². The number of piperazine rings is 1. The minimum atomic E-state index is -1.31. The number of morpholine rings is 1. The van der Waals surface area contributed by atoms with Crippen LogP contribution in [0, 0.1) is 5.92 Å². The lowest BCUT2D eigenvalue weighted by atomic mass is 9.79. The molecule has 4 aliphatic rings. The van der Waals surface area contributed by atoms with Crippen LogP contribution in [0.4, 0.5) is 5.82 Å². The number of ether oxygens (including phenoxy) is 2. The van der Waals surface area contributed by atoms with E-state index in [1.54, 1.807) is 4.57 Å². The number of aliphatic hydroxyl groups is 3. The van der Waals surface area contributed by atoms with Gasteiger partial charge in [-0.15, -0.1) is 0 Å². The number of anilines is 1. The molecule has 3 saturated heterocycles. The van der Waals surface area contributed by atoms with E-state index in [0.29, 0.717) is 56.4 Å². The molecule has 1 aliphatic carbocycles. The highest BCUT2D eigenvalue weighted by atomic mass is 16.6. The van der Waals surface area contributed by atoms with Crippen LogP contribution in [0.1, 0.15) is 19.1 Å². The molecule has 0 radical (unpaired) electrons. The number of allylic oxidation sites excluding steroid dienone is 1. The molecule has 5 heterocycles. The fourth-order valence-corrected chi connectivity index (χ4v) is 6.43. The summed E-state index contributed by atoms with van der Waals surface area (Å²) in [6.45, 7) is 8.37. The molecule has 15 nitrogen and oxygen atoms in total. The number of imidazole rings is 1. The van der Waals surface area contributed by atoms with Crippen LogP contribution < -0.4 is 10.2 Å². The van der Waals surface area contributed by atoms with Crippen molar-refractivity contribution in [2.75, 3.05) is 83.6 Å². The predicted octanol–water partition coefficient (Wildman–Crippen LogP) is -2.09. The number of fused-ring (bicyclic) bond motifs is 1. The van der Waals surface area contributed by atoms with Crippen LogP contribution in [0.5, 0.6) is 0 Å². The van der Waals surface area contributed by atoms with E-state index in [1.807, 2.05) is 0 Å². The number of carbonyl (C=O) groups excluding carboxylic acids is 2. The Morgan fingerprint density at radius 2 is 1.63 bits per heavy atom. The van der Waals surface area contributed by atoms with Crippen molar-refractivity contribution >= 4 is 28.5 Å². The van der Waals surface area contributed by atoms with Crippen molar-refractivity contribution in [3.8, 4) is 0 Å². The SMILES string of the molecule is O=C1CC([C@H]2O[C@@H](n3cnc4c(N5CCOCC5)ncnc43)[C@H](O)[C@@H]2O)CC(=O)C1=CNCCN1CCN(CCO)CC1. The molecule has 234 valence electrons. The number of ketones is 2. The van der Waals surface area contributed by atoms with Gasteiger partial charge in [0.05, 0.1) is 37.8 Å². The molecule has 6 rings (SSSR count). The van der Waals surface area contributed by atoms with Crippen molar-refractivity contribution in [1.29, 1.82) is 0 Å². The highest BCUT2D eigenvalue weighted by Crippen LogP contribution is 2.39. The van der Waals surface area contributed by atoms with Crippen molar-refractivity contribution < 1.29 is 34.4 Å². The van der Waals surface area contributed by atoms with E-state index in [2.05, 4.69) is 35.0 Å². The fraction of sp³-hybridized carbons (Fsp3) is 0.679. The van der Waals surface area contributed by atoms with E-state index >= 15 is 0 Å². The molecule has 4 atom stereocenters. The van der Waals surface area contributed by atoms with E-state index in [9.17, 15) is 19.8 Å². The molecular weight excluding hydrogens is 560 g/mol. The van der Waals surface area contributed by atoms with Crippen LogP contribution in [0.2, 0.25) is 0 Å². The van der Waals surface area contributed by atoms with Gasteiger partial charge < -0.3 is 35.0 Å². The van der Waals surface area contributed by atoms with Crippen molar-refractivity contribution in [3.63, 3.8) is 0 Å². The lowest BCUT2D eigenvalue weighted by molar-refractivity contribution is -0.130. The third-order valence-electron chi connectivity index (χ3n) is 8.86. The smallest absolute Gasteiger partial charge is 0.168 e. The van der Waals surface area contributed by atoms with Crippen LogP contribution in [0.3, 0.4) is 0 Å². The number of rotatable bonds is 9. The molecule has 15 heteroatoms. The summed E-state index contributed by atoms with van der Waals surface area (Å²) in [6, 6.07) is 0. The van der Waals surface area contributed by atoms with Gasteiger partial charge >= 0.3 is 0 Å². The van der Waals surface area contributed by atoms with Crippen molar-refractivity contribution in [1.82, 2.24) is 34.6 Å². The Morgan fingerprint density at radius 3 is 2.33 bits per heavy atom. The molecule has 0 aromatic carbocycles. The number of nitrogens with zero attached hydrogens (tertiary/aromatic N) is 7. The summed E-state index contributed by atoms with van der Waals surface area (Å²) in [4.78, 5) is 45.9. The number of hydrogen-bond acceptors (Lipinski definition) is 14. The van der Waals surface area contributed by atoms with Gasteiger partial charge in [0.25, 0.3) is 0 Å². The number of carbonyl (C=O) groups is 2. The first-order chi connectivity index (χ1) is 20.9. The lowest BCUT2D eigenvalue weighted by Crippen LogP contribution is -2.48. The molecule has 0 unspecified atom stereocenters. The molecular formula is C28H40N8O7. The third-order valence-corrected chi connectivity index (χ3v) is 8.86. The van der Waals surface area contributed by atoms with Crippen molar-refractivity contribution in [2.24, 2.45) is 5.92 Å². The standard InChI is InChI=1S/C28H40N8O7/c37-10-7-34-5-3-33(4-6-34)2-1-29-15-19-20(38)13-18(14-21(19)39)25-23(40)24(41)28(43-25)36-17-32-22-26(30-16-31-27(22)36)35-8-11-42-12-9-35/h15-18,23-25,28-29,37,40-41H,1-14H2/t18?,23-,24+,25+,28+/m0/s1. The fourth-order valence-electron chi connectivity index (χ4n) is 6.43. The predicted molar refractivity (Wildman–Crippen MR) is 153 cm³/mol. The van der Waals surface area contributed by atoms with Crippen LogP contribution in [0.15, 0.2) is 24.4 Å². The number of β-amino-alcohol motifs (C(OH)–C–C–N with tert-alkyl or cyclic N) is 1. The zero-order valence-electron chi connectivity index (χ0n) is 24.1. The molecule has 3 aliphatic heterocycles. The van der Waals surface area contributed by atoms with Crippen molar-refractivity contribution in [3.05, 3.63) is 24.4 Å². The summed E-state index contributed by atoms with van der Waals surface area (Å²) in [5.41, 5.74) is 1.13. The third kappa shape index (κ3) is 6.29. The maximum atomic E-state index is 13.0. The molecule has 0 amide bonds. The van der Waals surface area contributed by atoms with Crippen LogP contribution in [0.25, 0.3) is 11.2 Å². The Balaban J connectivity index is 1.06. The van der Waals surface area contributed by atoms with Gasteiger partial charge in [-0.2, -0.15) is 0 Å². The van der Waals surface area contributed by atoms with Gasteiger partial charge in [-0.1, -0.05) is 0 Å². The first kappa shape index (κ1) is 30.0. The molecule has 0 spiro atoms. The maximum Gasteiger partial charge on any atom is 0.168 e. The quantitative estimate of drug-likeness (QED) is 0.140. The Morgan fingerprint density at radius 1 is 0.930 bits per heavy atom.